The summed E-state index contributed by atoms with van der Waals surface area (Å²) in [6.07, 6.45) is 0. The van der Waals surface area contributed by atoms with Crippen molar-refractivity contribution in [2.75, 3.05) is 0 Å². The van der Waals surface area contributed by atoms with Crippen molar-refractivity contribution in [2.24, 2.45) is 0 Å². The number of hydrogen-bond donors (Lipinski definition) is 1. The number of rotatable bonds is 1. The van der Waals surface area contributed by atoms with Crippen molar-refractivity contribution in [1.29, 1.82) is 0 Å². The Morgan fingerprint density at radius 2 is 2.43 bits per heavy atom. The van der Waals surface area contributed by atoms with E-state index in [1.165, 1.54) is 6.92 Å². The maximum Gasteiger partial charge on any atom is 0.392 e. The van der Waals surface area contributed by atoms with Gasteiger partial charge in [-0.15, -0.1) is 0 Å². The molecule has 7 heavy (non-hydrogen) atoms. The first-order chi connectivity index (χ1) is 3.18. The molecule has 0 spiro atoms. The van der Waals surface area contributed by atoms with Crippen molar-refractivity contribution in [3.05, 3.63) is 4.85 Å². The van der Waals surface area contributed by atoms with Gasteiger partial charge in [0.15, 0.2) is 0 Å². The lowest BCUT2D eigenvalue weighted by molar-refractivity contribution is -0.137. The van der Waals surface area contributed by atoms with Gasteiger partial charge in [-0.3, -0.25) is 0 Å². The summed E-state index contributed by atoms with van der Waals surface area (Å²) in [5.74, 6) is -0.998. The summed E-state index contributed by atoms with van der Waals surface area (Å²) in [5.41, 5.74) is 0. The molecular weight excluding hydrogens is 94.0 g/mol. The van der Waals surface area contributed by atoms with Gasteiger partial charge in [-0.1, -0.05) is 4.85 Å². The number of carboxylic acids is 1. The molecule has 0 aliphatic rings. The molecule has 0 saturated heterocycles. The Labute approximate surface area is 41.4 Å². The summed E-state index contributed by atoms with van der Waals surface area (Å²) >= 11 is 0. The van der Waals surface area contributed by atoms with Gasteiger partial charge in [0, 0.05) is 6.92 Å². The molecule has 0 aliphatic carbocycles. The number of nitrogens with zero attached hydrogens (tertiary/aromatic N) is 1. The molecule has 0 aliphatic heterocycles. The minimum absolute atomic E-state index is 0.778. The van der Waals surface area contributed by atoms with Crippen LogP contribution in [-0.4, -0.2) is 17.1 Å². The zero-order chi connectivity index (χ0) is 5.86. The van der Waals surface area contributed by atoms with E-state index in [2.05, 4.69) is 11.4 Å². The molecular formula is C4H6NO2+. The van der Waals surface area contributed by atoms with Crippen molar-refractivity contribution < 1.29 is 9.90 Å². The van der Waals surface area contributed by atoms with E-state index in [1.54, 1.807) is 0 Å². The van der Waals surface area contributed by atoms with Gasteiger partial charge < -0.3 is 5.11 Å². The van der Waals surface area contributed by atoms with Gasteiger partial charge in [0.2, 0.25) is 0 Å². The molecule has 0 heterocycles. The molecule has 1 N–H and O–H groups in total. The Bertz CT molecular complexity index is 113. The summed E-state index contributed by atoms with van der Waals surface area (Å²) in [5, 5.41) is 8.01. The number of carbonyl (C=O) groups is 1. The predicted molar refractivity (Wildman–Crippen MR) is 25.4 cm³/mol. The molecule has 3 nitrogen and oxygen atoms in total. The summed E-state index contributed by atoms with van der Waals surface area (Å²) in [7, 11) is 0. The number of hydrogen-bond acceptors (Lipinski definition) is 1. The topological polar surface area (TPSA) is 41.7 Å². The van der Waals surface area contributed by atoms with Crippen LogP contribution in [0.4, 0.5) is 0 Å². The van der Waals surface area contributed by atoms with Crippen LogP contribution >= 0.6 is 0 Å². The van der Waals surface area contributed by atoms with Gasteiger partial charge in [0.1, 0.15) is 0 Å². The highest BCUT2D eigenvalue weighted by Crippen LogP contribution is 1.84. The van der Waals surface area contributed by atoms with Crippen LogP contribution in [0.3, 0.4) is 0 Å². The molecule has 0 fully saturated rings. The van der Waals surface area contributed by atoms with Gasteiger partial charge in [-0.05, 0) is 0 Å². The van der Waals surface area contributed by atoms with E-state index in [0.717, 1.165) is 0 Å². The molecule has 0 radical (unpaired) electrons. The molecule has 0 aromatic heterocycles. The molecule has 0 rings (SSSR count). The first-order valence-corrected chi connectivity index (χ1v) is 1.81. The summed E-state index contributed by atoms with van der Waals surface area (Å²) in [4.78, 5) is 12.7. The van der Waals surface area contributed by atoms with Crippen molar-refractivity contribution in [2.45, 2.75) is 13.0 Å². The normalized spacial score (nSPS) is 12.0. The zero-order valence-electron chi connectivity index (χ0n) is 3.96. The fraction of sp³-hybridized carbons (Fsp3) is 0.500. The predicted octanol–water partition coefficient (Wildman–Crippen LogP) is 0.422. The second-order valence-electron chi connectivity index (χ2n) is 1.16. The summed E-state index contributed by atoms with van der Waals surface area (Å²) in [6, 6.07) is -0.778. The van der Waals surface area contributed by atoms with Crippen molar-refractivity contribution in [1.82, 2.24) is 0 Å². The van der Waals surface area contributed by atoms with Crippen molar-refractivity contribution in [3.8, 4) is 6.57 Å². The van der Waals surface area contributed by atoms with Crippen LogP contribution in [0.2, 0.25) is 0 Å². The van der Waals surface area contributed by atoms with E-state index >= 15 is 0 Å². The smallest absolute Gasteiger partial charge is 0.392 e. The Morgan fingerprint density at radius 3 is 2.43 bits per heavy atom. The standard InChI is InChI=1S/C4H5NO2/c1-3(5-2)4(6)7/h2-3H,1H3/p+1/t3-/m0/s1. The third-order valence-corrected chi connectivity index (χ3v) is 0.581. The van der Waals surface area contributed by atoms with Gasteiger partial charge >= 0.3 is 12.0 Å². The van der Waals surface area contributed by atoms with Crippen LogP contribution in [-0.2, 0) is 4.79 Å². The van der Waals surface area contributed by atoms with E-state index < -0.39 is 12.0 Å². The molecule has 0 saturated carbocycles. The second-order valence-corrected chi connectivity index (χ2v) is 1.16. The molecule has 0 amide bonds. The van der Waals surface area contributed by atoms with Gasteiger partial charge in [-0.2, -0.15) is 0 Å². The summed E-state index contributed by atoms with van der Waals surface area (Å²) in [6.45, 7) is 6.02. The lowest BCUT2D eigenvalue weighted by Gasteiger charge is -1.77. The maximum atomic E-state index is 9.76. The SMILES string of the molecule is C#[N+][C@@H](C)C(=O)O. The van der Waals surface area contributed by atoms with Crippen LogP contribution in [0.5, 0.6) is 0 Å². The van der Waals surface area contributed by atoms with E-state index in [1.807, 2.05) is 0 Å². The van der Waals surface area contributed by atoms with Gasteiger partial charge in [0.25, 0.3) is 6.57 Å². The first kappa shape index (κ1) is 5.96. The Hall–Kier alpha value is -1.04. The van der Waals surface area contributed by atoms with Crippen LogP contribution in [0, 0.1) is 6.57 Å². The Balaban J connectivity index is 3.63. The molecule has 38 valence electrons. The molecule has 0 aromatic carbocycles. The van der Waals surface area contributed by atoms with Gasteiger partial charge in [-0.25, -0.2) is 4.79 Å². The minimum atomic E-state index is -0.998. The highest BCUT2D eigenvalue weighted by atomic mass is 16.4. The van der Waals surface area contributed by atoms with Gasteiger partial charge in [0.05, 0.1) is 0 Å². The second kappa shape index (κ2) is 2.19. The number of carboxylic acid groups (broad SMARTS) is 1. The molecule has 3 heteroatoms. The average Bonchev–Trinajstić information content (AvgIpc) is 1.65. The van der Waals surface area contributed by atoms with Crippen LogP contribution in [0.15, 0.2) is 0 Å². The Morgan fingerprint density at radius 1 is 2.00 bits per heavy atom. The quantitative estimate of drug-likeness (QED) is 0.519. The van der Waals surface area contributed by atoms with E-state index in [0.29, 0.717) is 0 Å². The third kappa shape index (κ3) is 1.77. The number of aliphatic carboxylic acids is 1. The van der Waals surface area contributed by atoms with Crippen molar-refractivity contribution >= 4 is 5.97 Å². The summed E-state index contributed by atoms with van der Waals surface area (Å²) < 4.78 is 0. The Kier molecular flexibility index (Phi) is 1.86. The zero-order valence-corrected chi connectivity index (χ0v) is 3.96. The van der Waals surface area contributed by atoms with Crippen LogP contribution in [0.1, 0.15) is 6.92 Å². The molecule has 0 bridgehead atoms. The fourth-order valence-electron chi connectivity index (χ4n) is 0.0638. The van der Waals surface area contributed by atoms with Crippen LogP contribution in [0.25, 0.3) is 4.85 Å². The largest absolute Gasteiger partial charge is 0.475 e. The lowest BCUT2D eigenvalue weighted by Crippen LogP contribution is -2.09. The van der Waals surface area contributed by atoms with Crippen molar-refractivity contribution in [3.63, 3.8) is 0 Å². The fourth-order valence-corrected chi connectivity index (χ4v) is 0.0638. The van der Waals surface area contributed by atoms with E-state index in [9.17, 15) is 4.79 Å². The lowest BCUT2D eigenvalue weighted by atomic mass is 10.4. The average molecular weight is 100 g/mol. The highest BCUT2D eigenvalue weighted by Gasteiger charge is 2.16. The molecule has 1 atom stereocenters. The first-order valence-electron chi connectivity index (χ1n) is 1.81. The van der Waals surface area contributed by atoms with E-state index in [4.69, 9.17) is 5.11 Å². The maximum absolute atomic E-state index is 9.76. The highest BCUT2D eigenvalue weighted by molar-refractivity contribution is 5.74. The molecule has 0 aromatic rings. The van der Waals surface area contributed by atoms with Crippen LogP contribution < -0.4 is 0 Å². The molecule has 0 unspecified atom stereocenters. The monoisotopic (exact) mass is 100 g/mol. The third-order valence-electron chi connectivity index (χ3n) is 0.581. The minimum Gasteiger partial charge on any atom is -0.475 e. The van der Waals surface area contributed by atoms with E-state index in [-0.39, 0.29) is 0 Å².